The molecule has 0 radical (unpaired) electrons. The Morgan fingerprint density at radius 2 is 0.898 bits per heavy atom. The molecule has 0 aliphatic carbocycles. The lowest BCUT2D eigenvalue weighted by molar-refractivity contribution is 1.28. The van der Waals surface area contributed by atoms with Gasteiger partial charge in [-0.15, -0.1) is 0 Å². The van der Waals surface area contributed by atoms with Crippen molar-refractivity contribution in [3.63, 3.8) is 0 Å². The SMILES string of the molecule is [2H]c1c([2H])c([2H])c(-c2c([2H])c([2H])c(N(c3cccc(-c4cccc5ccccc45)c3)c3c([2H])c([2H])c(-c4ccc5c(ccc6ccccc65)c4)c([2H])c3[2H])c([2H])c2[2H])c([2H])c1[2H]. The molecule has 0 heterocycles. The van der Waals surface area contributed by atoms with Gasteiger partial charge in [-0.25, -0.2) is 0 Å². The van der Waals surface area contributed by atoms with Crippen molar-refractivity contribution in [2.45, 2.75) is 0 Å². The first-order chi connectivity index (χ1) is 29.7. The highest BCUT2D eigenvalue weighted by Gasteiger charge is 2.15. The molecule has 0 spiro atoms. The van der Waals surface area contributed by atoms with Crippen LogP contribution in [0.25, 0.3) is 65.7 Å². The van der Waals surface area contributed by atoms with Crippen LogP contribution in [0.15, 0.2) is 200 Å². The van der Waals surface area contributed by atoms with Crippen molar-refractivity contribution in [1.82, 2.24) is 0 Å². The van der Waals surface area contributed by atoms with Crippen molar-refractivity contribution in [3.05, 3.63) is 200 Å². The number of hydrogen-bond donors (Lipinski definition) is 0. The molecule has 0 atom stereocenters. The molecule has 1 heteroatoms. The summed E-state index contributed by atoms with van der Waals surface area (Å²) >= 11 is 0. The topological polar surface area (TPSA) is 3.24 Å². The van der Waals surface area contributed by atoms with Gasteiger partial charge in [0, 0.05) is 17.1 Å². The van der Waals surface area contributed by atoms with Gasteiger partial charge in [0.2, 0.25) is 0 Å². The van der Waals surface area contributed by atoms with Gasteiger partial charge in [0.1, 0.15) is 0 Å². The second kappa shape index (κ2) is 12.3. The van der Waals surface area contributed by atoms with Crippen molar-refractivity contribution < 1.29 is 17.8 Å². The standard InChI is InChI=1S/C48H33N/c1-2-10-34(11-3-1)35-22-27-42(28-23-35)49(44-16-8-15-40(33-44)47-19-9-14-37-12-4-6-17-45(37)47)43-29-24-36(25-30-43)39-26-31-48-41(32-39)21-20-38-13-5-7-18-46(38)48/h1-33H/i1D,2D,3D,10D,11D,22D,23D,24D,25D,27D,28D,29D,30D. The zero-order valence-corrected chi connectivity index (χ0v) is 26.0. The molecule has 0 fully saturated rings. The molecule has 49 heavy (non-hydrogen) atoms. The summed E-state index contributed by atoms with van der Waals surface area (Å²) in [5.74, 6) is 0. The summed E-state index contributed by atoms with van der Waals surface area (Å²) in [5.41, 5.74) is 0.334. The third-order valence-corrected chi connectivity index (χ3v) is 8.66. The molecule has 1 nitrogen and oxygen atoms in total. The first kappa shape index (κ1) is 18.2. The Bertz CT molecular complexity index is 3270. The van der Waals surface area contributed by atoms with Gasteiger partial charge >= 0.3 is 0 Å². The Labute approximate surface area is 305 Å². The number of benzene rings is 9. The van der Waals surface area contributed by atoms with E-state index in [-0.39, 0.29) is 16.9 Å². The monoisotopic (exact) mass is 636 g/mol. The van der Waals surface area contributed by atoms with Crippen LogP contribution in [-0.4, -0.2) is 0 Å². The zero-order chi connectivity index (χ0) is 43.9. The molecule has 0 aliphatic heterocycles. The Morgan fingerprint density at radius 1 is 0.327 bits per heavy atom. The summed E-state index contributed by atoms with van der Waals surface area (Å²) in [7, 11) is 0. The van der Waals surface area contributed by atoms with Gasteiger partial charge in [0.25, 0.3) is 0 Å². The van der Waals surface area contributed by atoms with Crippen LogP contribution in [0.5, 0.6) is 0 Å². The predicted molar refractivity (Wildman–Crippen MR) is 210 cm³/mol. The van der Waals surface area contributed by atoms with Gasteiger partial charge in [-0.3, -0.25) is 0 Å². The molecule has 0 bridgehead atoms. The second-order valence-corrected chi connectivity index (χ2v) is 11.6. The van der Waals surface area contributed by atoms with Crippen LogP contribution in [0.2, 0.25) is 0 Å². The lowest BCUT2D eigenvalue weighted by Gasteiger charge is -2.26. The minimum atomic E-state index is -0.731. The van der Waals surface area contributed by atoms with E-state index < -0.39 is 95.4 Å². The van der Waals surface area contributed by atoms with Crippen molar-refractivity contribution in [3.8, 4) is 33.4 Å². The van der Waals surface area contributed by atoms with E-state index in [4.69, 9.17) is 6.85 Å². The van der Waals surface area contributed by atoms with E-state index in [2.05, 4.69) is 0 Å². The molecule has 9 rings (SSSR count). The van der Waals surface area contributed by atoms with Crippen LogP contribution in [0.1, 0.15) is 17.8 Å². The molecule has 230 valence electrons. The molecule has 0 saturated carbocycles. The Kier molecular flexibility index (Phi) is 4.57. The quantitative estimate of drug-likeness (QED) is 0.164. The highest BCUT2D eigenvalue weighted by Crippen LogP contribution is 2.40. The van der Waals surface area contributed by atoms with Gasteiger partial charge in [-0.05, 0) is 108 Å². The molecule has 0 aliphatic rings. The van der Waals surface area contributed by atoms with Crippen LogP contribution in [0, 0.1) is 0 Å². The summed E-state index contributed by atoms with van der Waals surface area (Å²) in [5, 5.41) is 5.73. The minimum absolute atomic E-state index is 0.0272. The number of anilines is 3. The molecule has 0 N–H and O–H groups in total. The highest BCUT2D eigenvalue weighted by molar-refractivity contribution is 6.08. The predicted octanol–water partition coefficient (Wildman–Crippen LogP) is 13.6. The fourth-order valence-corrected chi connectivity index (χ4v) is 6.31. The van der Waals surface area contributed by atoms with E-state index >= 15 is 0 Å². The second-order valence-electron chi connectivity index (χ2n) is 11.6. The molecule has 0 saturated heterocycles. The Balaban J connectivity index is 1.31. The molecule has 9 aromatic rings. The molecular formula is C48H33N. The Morgan fingerprint density at radius 3 is 1.65 bits per heavy atom. The van der Waals surface area contributed by atoms with Crippen molar-refractivity contribution in [1.29, 1.82) is 0 Å². The third kappa shape index (κ3) is 5.42. The summed E-state index contributed by atoms with van der Waals surface area (Å²) in [6, 6.07) is 29.5. The maximum atomic E-state index is 9.54. The average molecular weight is 637 g/mol. The fourth-order valence-electron chi connectivity index (χ4n) is 6.31. The lowest BCUT2D eigenvalue weighted by atomic mass is 9.97. The Hall–Kier alpha value is -6.44. The maximum Gasteiger partial charge on any atom is 0.0645 e. The van der Waals surface area contributed by atoms with Crippen molar-refractivity contribution >= 4 is 49.4 Å². The molecule has 0 unspecified atom stereocenters. The van der Waals surface area contributed by atoms with Gasteiger partial charge in [0.05, 0.1) is 17.8 Å². The third-order valence-electron chi connectivity index (χ3n) is 8.66. The lowest BCUT2D eigenvalue weighted by Crippen LogP contribution is -2.10. The van der Waals surface area contributed by atoms with Crippen LogP contribution >= 0.6 is 0 Å². The molecule has 9 aromatic carbocycles. The first-order valence-corrected chi connectivity index (χ1v) is 15.8. The summed E-state index contributed by atoms with van der Waals surface area (Å²) < 4.78 is 117. The van der Waals surface area contributed by atoms with Gasteiger partial charge in [-0.2, -0.15) is 0 Å². The van der Waals surface area contributed by atoms with Crippen molar-refractivity contribution in [2.24, 2.45) is 0 Å². The minimum Gasteiger partial charge on any atom is -0.310 e. The fraction of sp³-hybridized carbons (Fsp3) is 0. The van der Waals surface area contributed by atoms with Crippen LogP contribution in [0.3, 0.4) is 0 Å². The molecular weight excluding hydrogens is 591 g/mol. The number of hydrogen-bond acceptors (Lipinski definition) is 1. The largest absolute Gasteiger partial charge is 0.310 e. The molecule has 0 aromatic heterocycles. The van der Waals surface area contributed by atoms with Crippen LogP contribution < -0.4 is 4.90 Å². The van der Waals surface area contributed by atoms with E-state index in [9.17, 15) is 11.0 Å². The smallest absolute Gasteiger partial charge is 0.0645 e. The zero-order valence-electron chi connectivity index (χ0n) is 39.0. The summed E-state index contributed by atoms with van der Waals surface area (Å²) in [4.78, 5) is 1.19. The van der Waals surface area contributed by atoms with Crippen LogP contribution in [-0.2, 0) is 0 Å². The number of nitrogens with zero attached hydrogens (tertiary/aromatic N) is 1. The van der Waals surface area contributed by atoms with E-state index in [0.29, 0.717) is 11.1 Å². The number of rotatable bonds is 6. The van der Waals surface area contributed by atoms with Crippen molar-refractivity contribution in [2.75, 3.05) is 4.90 Å². The summed E-state index contributed by atoms with van der Waals surface area (Å²) in [6.45, 7) is 0. The van der Waals surface area contributed by atoms with Crippen LogP contribution in [0.4, 0.5) is 17.1 Å². The van der Waals surface area contributed by atoms with E-state index in [1.807, 2.05) is 97.1 Å². The van der Waals surface area contributed by atoms with Gasteiger partial charge in [-0.1, -0.05) is 158 Å². The summed E-state index contributed by atoms with van der Waals surface area (Å²) in [6.07, 6.45) is 0. The maximum absolute atomic E-state index is 9.54. The van der Waals surface area contributed by atoms with Gasteiger partial charge in [0.15, 0.2) is 0 Å². The molecule has 0 amide bonds. The highest BCUT2D eigenvalue weighted by atomic mass is 15.1. The first-order valence-electron chi connectivity index (χ1n) is 22.3. The normalized spacial score (nSPS) is 15.0. The van der Waals surface area contributed by atoms with E-state index in [1.165, 1.54) is 4.90 Å². The van der Waals surface area contributed by atoms with Gasteiger partial charge < -0.3 is 4.90 Å². The van der Waals surface area contributed by atoms with E-state index in [0.717, 1.165) is 37.9 Å². The number of fused-ring (bicyclic) bond motifs is 4. The average Bonchev–Trinajstić information content (AvgIpc) is 3.29. The van der Waals surface area contributed by atoms with E-state index in [1.54, 1.807) is 24.3 Å².